The molecule has 2 aliphatic rings. The number of anilines is 1. The van der Waals surface area contributed by atoms with Crippen LogP contribution in [0.2, 0.25) is 0 Å². The van der Waals surface area contributed by atoms with Crippen molar-refractivity contribution >= 4 is 27.5 Å². The van der Waals surface area contributed by atoms with Gasteiger partial charge in [-0.1, -0.05) is 36.4 Å². The lowest BCUT2D eigenvalue weighted by Gasteiger charge is -2.16. The minimum Gasteiger partial charge on any atom is -0.442 e. The maximum atomic E-state index is 13.2. The Morgan fingerprint density at radius 2 is 2.00 bits per heavy atom. The highest BCUT2D eigenvalue weighted by Crippen LogP contribution is 2.37. The van der Waals surface area contributed by atoms with Crippen molar-refractivity contribution in [1.29, 1.82) is 0 Å². The first-order valence-electron chi connectivity index (χ1n) is 11.5. The van der Waals surface area contributed by atoms with Gasteiger partial charge in [-0.2, -0.15) is 5.10 Å². The second kappa shape index (κ2) is 9.18. The molecule has 9 nitrogen and oxygen atoms in total. The van der Waals surface area contributed by atoms with Gasteiger partial charge in [0.2, 0.25) is 15.7 Å². The highest BCUT2D eigenvalue weighted by atomic mass is 32.2. The van der Waals surface area contributed by atoms with Gasteiger partial charge >= 0.3 is 6.09 Å². The van der Waals surface area contributed by atoms with Gasteiger partial charge in [0.15, 0.2) is 5.03 Å². The Bertz CT molecular complexity index is 1380. The maximum Gasteiger partial charge on any atom is 0.414 e. The number of carbonyl (C=O) groups excluding carboxylic acids is 2. The smallest absolute Gasteiger partial charge is 0.414 e. The molecule has 182 valence electrons. The molecule has 1 unspecified atom stereocenters. The van der Waals surface area contributed by atoms with Crippen LogP contribution in [0.25, 0.3) is 11.3 Å². The number of hydrogen-bond donors (Lipinski definition) is 2. The third-order valence-corrected chi connectivity index (χ3v) is 7.96. The second-order valence-electron chi connectivity index (χ2n) is 8.88. The minimum absolute atomic E-state index is 0.104. The number of benzene rings is 2. The summed E-state index contributed by atoms with van der Waals surface area (Å²) >= 11 is 0. The summed E-state index contributed by atoms with van der Waals surface area (Å²) in [4.78, 5) is 25.2. The molecular formula is C25H26N4O5S. The van der Waals surface area contributed by atoms with Crippen LogP contribution in [0.4, 0.5) is 10.5 Å². The number of sulfone groups is 1. The molecule has 0 spiro atoms. The van der Waals surface area contributed by atoms with Crippen LogP contribution in [0.15, 0.2) is 53.6 Å². The average molecular weight is 495 g/mol. The monoisotopic (exact) mass is 494 g/mol. The molecule has 1 fully saturated rings. The number of H-pyrrole nitrogens is 1. The van der Waals surface area contributed by atoms with Gasteiger partial charge in [-0.25, -0.2) is 13.2 Å². The number of nitrogens with one attached hydrogen (secondary N) is 2. The van der Waals surface area contributed by atoms with Gasteiger partial charge in [0.1, 0.15) is 6.10 Å². The van der Waals surface area contributed by atoms with Crippen molar-refractivity contribution in [2.24, 2.45) is 0 Å². The molecule has 35 heavy (non-hydrogen) atoms. The summed E-state index contributed by atoms with van der Waals surface area (Å²) in [7, 11) is -3.62. The summed E-state index contributed by atoms with van der Waals surface area (Å²) in [5.74, 6) is -0.279. The molecule has 2 amide bonds. The van der Waals surface area contributed by atoms with E-state index in [-0.39, 0.29) is 23.2 Å². The van der Waals surface area contributed by atoms with Crippen LogP contribution in [0.5, 0.6) is 0 Å². The highest BCUT2D eigenvalue weighted by molar-refractivity contribution is 7.90. The molecule has 0 bridgehead atoms. The number of aromatic amines is 1. The van der Waals surface area contributed by atoms with Gasteiger partial charge in [0.25, 0.3) is 0 Å². The first-order chi connectivity index (χ1) is 16.8. The number of rotatable bonds is 6. The summed E-state index contributed by atoms with van der Waals surface area (Å²) in [5.41, 5.74) is 4.75. The lowest BCUT2D eigenvalue weighted by molar-refractivity contribution is -0.119. The van der Waals surface area contributed by atoms with Gasteiger partial charge in [-0.15, -0.1) is 0 Å². The lowest BCUT2D eigenvalue weighted by Crippen LogP contribution is -2.33. The number of fused-ring (bicyclic) bond motifs is 3. The van der Waals surface area contributed by atoms with Gasteiger partial charge < -0.3 is 10.1 Å². The van der Waals surface area contributed by atoms with Crippen molar-refractivity contribution in [3.05, 3.63) is 65.2 Å². The molecule has 2 heterocycles. The fourth-order valence-corrected chi connectivity index (χ4v) is 6.21. The zero-order valence-corrected chi connectivity index (χ0v) is 20.1. The number of hydrogen-bond acceptors (Lipinski definition) is 6. The van der Waals surface area contributed by atoms with Gasteiger partial charge in [-0.05, 0) is 42.5 Å². The number of aromatic nitrogens is 2. The van der Waals surface area contributed by atoms with Crippen molar-refractivity contribution in [2.45, 2.75) is 43.1 Å². The second-order valence-corrected chi connectivity index (χ2v) is 10.8. The Kier molecular flexibility index (Phi) is 6.06. The van der Waals surface area contributed by atoms with Crippen LogP contribution in [-0.4, -0.2) is 49.8 Å². The van der Waals surface area contributed by atoms with E-state index in [9.17, 15) is 18.0 Å². The molecule has 2 aromatic carbocycles. The predicted molar refractivity (Wildman–Crippen MR) is 130 cm³/mol. The fourth-order valence-electron chi connectivity index (χ4n) is 4.67. The standard InChI is InChI=1S/C25H26N4O5S/c1-16(30)26-13-20-14-29(25(31)34-20)19-10-11-21-18(12-19)8-5-9-22-23(21)27-28-24(22)35(32,33)15-17-6-3-2-4-7-17/h2-4,6-7,10-12,20H,5,8-9,13-15H2,1H3,(H,26,30)(H,27,28). The van der Waals surface area contributed by atoms with Gasteiger partial charge in [0.05, 0.1) is 24.5 Å². The van der Waals surface area contributed by atoms with E-state index in [4.69, 9.17) is 4.74 Å². The Morgan fingerprint density at radius 1 is 1.20 bits per heavy atom. The maximum absolute atomic E-state index is 13.2. The van der Waals surface area contributed by atoms with Crippen molar-refractivity contribution in [3.8, 4) is 11.3 Å². The summed E-state index contributed by atoms with van der Waals surface area (Å²) in [6.07, 6.45) is 1.21. The van der Waals surface area contributed by atoms with E-state index in [0.29, 0.717) is 29.9 Å². The molecule has 1 saturated heterocycles. The van der Waals surface area contributed by atoms with Gasteiger partial charge in [0, 0.05) is 23.7 Å². The molecule has 3 aromatic rings. The first kappa shape index (κ1) is 23.1. The van der Waals surface area contributed by atoms with Crippen LogP contribution < -0.4 is 10.2 Å². The molecule has 10 heteroatoms. The number of amides is 2. The normalized spacial score (nSPS) is 17.3. The third-order valence-electron chi connectivity index (χ3n) is 6.32. The topological polar surface area (TPSA) is 121 Å². The first-order valence-corrected chi connectivity index (χ1v) is 13.2. The van der Waals surface area contributed by atoms with Crippen molar-refractivity contribution < 1.29 is 22.7 Å². The molecular weight excluding hydrogens is 468 g/mol. The molecule has 5 rings (SSSR count). The fraction of sp³-hybridized carbons (Fsp3) is 0.320. The van der Waals surface area contributed by atoms with Crippen molar-refractivity contribution in [1.82, 2.24) is 15.5 Å². The quantitative estimate of drug-likeness (QED) is 0.543. The molecule has 1 aliphatic carbocycles. The summed E-state index contributed by atoms with van der Waals surface area (Å²) < 4.78 is 31.7. The van der Waals surface area contributed by atoms with E-state index < -0.39 is 22.0 Å². The molecule has 1 aromatic heterocycles. The van der Waals surface area contributed by atoms with Crippen LogP contribution in [0.1, 0.15) is 30.0 Å². The number of nitrogens with zero attached hydrogens (tertiary/aromatic N) is 2. The highest BCUT2D eigenvalue weighted by Gasteiger charge is 2.33. The van der Waals surface area contributed by atoms with Crippen LogP contribution in [0, 0.1) is 0 Å². The van der Waals surface area contributed by atoms with E-state index >= 15 is 0 Å². The molecule has 0 radical (unpaired) electrons. The molecule has 1 atom stereocenters. The van der Waals surface area contributed by atoms with E-state index in [2.05, 4.69) is 15.5 Å². The van der Waals surface area contributed by atoms with Crippen molar-refractivity contribution in [3.63, 3.8) is 0 Å². The van der Waals surface area contributed by atoms with E-state index in [0.717, 1.165) is 29.5 Å². The third kappa shape index (κ3) is 4.66. The SMILES string of the molecule is CC(=O)NCC1CN(c2ccc3c(c2)CCCc2c(S(=O)(=O)Cc4ccccc4)n[nH]c2-3)C(=O)O1. The molecule has 2 N–H and O–H groups in total. The van der Waals surface area contributed by atoms with E-state index in [1.807, 2.05) is 36.4 Å². The number of cyclic esters (lactones) is 1. The van der Waals surface area contributed by atoms with E-state index in [1.54, 1.807) is 17.0 Å². The van der Waals surface area contributed by atoms with Crippen molar-refractivity contribution in [2.75, 3.05) is 18.0 Å². The average Bonchev–Trinajstić information content (AvgIpc) is 3.37. The number of aryl methyl sites for hydroxylation is 1. The van der Waals surface area contributed by atoms with Crippen LogP contribution >= 0.6 is 0 Å². The molecule has 0 saturated carbocycles. The Balaban J connectivity index is 1.42. The van der Waals surface area contributed by atoms with Gasteiger partial charge in [-0.3, -0.25) is 14.8 Å². The van der Waals surface area contributed by atoms with Crippen LogP contribution in [-0.2, 0) is 38.0 Å². The Labute approximate surface area is 203 Å². The predicted octanol–water partition coefficient (Wildman–Crippen LogP) is 3.00. The number of carbonyl (C=O) groups is 2. The van der Waals surface area contributed by atoms with E-state index in [1.165, 1.54) is 6.92 Å². The Hall–Kier alpha value is -3.66. The summed E-state index contributed by atoms with van der Waals surface area (Å²) in [5, 5.41) is 9.99. The molecule has 1 aliphatic heterocycles. The zero-order valence-electron chi connectivity index (χ0n) is 19.3. The largest absolute Gasteiger partial charge is 0.442 e. The minimum atomic E-state index is -3.62. The number of ether oxygens (including phenoxy) is 1. The van der Waals surface area contributed by atoms with Crippen LogP contribution in [0.3, 0.4) is 0 Å². The zero-order chi connectivity index (χ0) is 24.6. The summed E-state index contributed by atoms with van der Waals surface area (Å²) in [6, 6.07) is 14.8. The summed E-state index contributed by atoms with van der Waals surface area (Å²) in [6.45, 7) is 2.03. The Morgan fingerprint density at radius 3 is 2.77 bits per heavy atom. The lowest BCUT2D eigenvalue weighted by atomic mass is 10.0.